The fourth-order valence-corrected chi connectivity index (χ4v) is 5.47. The zero-order valence-corrected chi connectivity index (χ0v) is 13.0. The van der Waals surface area contributed by atoms with Crippen LogP contribution < -0.4 is 0 Å². The van der Waals surface area contributed by atoms with Gasteiger partial charge in [-0.1, -0.05) is 18.2 Å². The zero-order valence-electron chi connectivity index (χ0n) is 11.3. The first-order chi connectivity index (χ1) is 10.9. The van der Waals surface area contributed by atoms with E-state index in [0.29, 0.717) is 0 Å². The summed E-state index contributed by atoms with van der Waals surface area (Å²) in [6, 6.07) is 11.0. The van der Waals surface area contributed by atoms with E-state index in [-0.39, 0.29) is 0 Å². The van der Waals surface area contributed by atoms with Gasteiger partial charge in [-0.25, -0.2) is 9.97 Å². The van der Waals surface area contributed by atoms with E-state index >= 15 is 0 Å². The molecule has 0 aliphatic heterocycles. The second-order valence-corrected chi connectivity index (χ2v) is 7.33. The van der Waals surface area contributed by atoms with Crippen molar-refractivity contribution in [1.29, 1.82) is 0 Å². The van der Waals surface area contributed by atoms with E-state index < -0.39 is 0 Å². The van der Waals surface area contributed by atoms with Gasteiger partial charge < -0.3 is 0 Å². The minimum absolute atomic E-state index is 1.09. The number of benzene rings is 3. The molecule has 0 spiro atoms. The largest absolute Gasteiger partial charge is 0.235 e. The van der Waals surface area contributed by atoms with Crippen molar-refractivity contribution in [2.45, 2.75) is 0 Å². The molecule has 6 rings (SSSR count). The molecule has 0 saturated carbocycles. The number of aromatic nitrogens is 2. The van der Waals surface area contributed by atoms with Crippen molar-refractivity contribution in [3.63, 3.8) is 0 Å². The van der Waals surface area contributed by atoms with E-state index in [9.17, 15) is 0 Å². The Hall–Kier alpha value is -2.30. The summed E-state index contributed by atoms with van der Waals surface area (Å²) in [7, 11) is 0. The summed E-state index contributed by atoms with van der Waals surface area (Å²) < 4.78 is 2.53. The summed E-state index contributed by atoms with van der Waals surface area (Å²) in [5, 5.41) is 12.1. The van der Waals surface area contributed by atoms with E-state index in [4.69, 9.17) is 0 Å². The molecule has 0 bridgehead atoms. The second kappa shape index (κ2) is 3.72. The summed E-state index contributed by atoms with van der Waals surface area (Å²) in [5.74, 6) is 0. The van der Waals surface area contributed by atoms with Crippen LogP contribution in [0.3, 0.4) is 0 Å². The highest BCUT2D eigenvalue weighted by molar-refractivity contribution is 7.19. The topological polar surface area (TPSA) is 25.8 Å². The van der Waals surface area contributed by atoms with Gasteiger partial charge in [-0.3, -0.25) is 0 Å². The van der Waals surface area contributed by atoms with Gasteiger partial charge in [0.05, 0.1) is 20.4 Å². The van der Waals surface area contributed by atoms with Crippen molar-refractivity contribution in [2.75, 3.05) is 0 Å². The first kappa shape index (κ1) is 11.3. The van der Waals surface area contributed by atoms with Crippen molar-refractivity contribution in [1.82, 2.24) is 9.97 Å². The van der Waals surface area contributed by atoms with E-state index in [1.54, 1.807) is 29.0 Å². The van der Waals surface area contributed by atoms with Crippen LogP contribution in [0, 0.1) is 0 Å². The molecule has 0 aliphatic rings. The van der Waals surface area contributed by atoms with Crippen molar-refractivity contribution >= 4 is 75.4 Å². The number of fused-ring (bicyclic) bond motifs is 6. The molecule has 0 atom stereocenters. The van der Waals surface area contributed by atoms with Gasteiger partial charge in [0, 0.05) is 21.5 Å². The molecular weight excluding hydrogens is 308 g/mol. The van der Waals surface area contributed by atoms with Gasteiger partial charge in [0.25, 0.3) is 0 Å². The van der Waals surface area contributed by atoms with Crippen LogP contribution in [-0.2, 0) is 0 Å². The molecule has 0 unspecified atom stereocenters. The molecule has 3 aromatic carbocycles. The minimum atomic E-state index is 1.09. The lowest BCUT2D eigenvalue weighted by atomic mass is 9.94. The summed E-state index contributed by atoms with van der Waals surface area (Å²) in [6.45, 7) is 0. The molecule has 2 nitrogen and oxygen atoms in total. The molecule has 22 heavy (non-hydrogen) atoms. The predicted octanol–water partition coefficient (Wildman–Crippen LogP) is 5.80. The number of thiophene rings is 2. The van der Waals surface area contributed by atoms with Crippen LogP contribution in [-0.4, -0.2) is 9.97 Å². The van der Waals surface area contributed by atoms with E-state index in [1.807, 2.05) is 0 Å². The maximum Gasteiger partial charge on any atom is 0.116 e. The second-order valence-electron chi connectivity index (χ2n) is 5.50. The van der Waals surface area contributed by atoms with Gasteiger partial charge in [-0.15, -0.1) is 22.7 Å². The average Bonchev–Trinajstić information content (AvgIpc) is 3.23. The third-order valence-electron chi connectivity index (χ3n) is 4.50. The number of rotatable bonds is 0. The molecular formula is C18H8N2S2. The standard InChI is InChI=1S/C18H8N2S2/c1-2-9-11-4-6-21-17(11)15-14-13(9)10(3-1)12-5-7-22-18(12)16(14)20-8-19-15/h1-8H. The van der Waals surface area contributed by atoms with Crippen LogP contribution in [0.5, 0.6) is 0 Å². The van der Waals surface area contributed by atoms with Crippen LogP contribution in [0.4, 0.5) is 0 Å². The van der Waals surface area contributed by atoms with Crippen LogP contribution in [0.15, 0.2) is 47.4 Å². The summed E-state index contributed by atoms with van der Waals surface area (Å²) >= 11 is 3.53. The fourth-order valence-electron chi connectivity index (χ4n) is 3.65. The zero-order chi connectivity index (χ0) is 14.3. The summed E-state index contributed by atoms with van der Waals surface area (Å²) in [4.78, 5) is 9.26. The Labute approximate surface area is 133 Å². The quantitative estimate of drug-likeness (QED) is 0.331. The highest BCUT2D eigenvalue weighted by Gasteiger charge is 2.18. The molecule has 4 heteroatoms. The molecule has 102 valence electrons. The minimum Gasteiger partial charge on any atom is -0.235 e. The number of nitrogens with zero attached hydrogens (tertiary/aromatic N) is 2. The van der Waals surface area contributed by atoms with Crippen LogP contribution in [0.2, 0.25) is 0 Å². The van der Waals surface area contributed by atoms with E-state index in [0.717, 1.165) is 11.0 Å². The highest BCUT2D eigenvalue weighted by atomic mass is 32.1. The fraction of sp³-hybridized carbons (Fsp3) is 0. The molecule has 6 aromatic rings. The maximum absolute atomic E-state index is 4.63. The van der Waals surface area contributed by atoms with Crippen molar-refractivity contribution < 1.29 is 0 Å². The van der Waals surface area contributed by atoms with Crippen LogP contribution >= 0.6 is 22.7 Å². The molecule has 0 aliphatic carbocycles. The van der Waals surface area contributed by atoms with Crippen molar-refractivity contribution in [3.8, 4) is 0 Å². The Kier molecular flexibility index (Phi) is 1.91. The van der Waals surface area contributed by atoms with Crippen LogP contribution in [0.25, 0.3) is 52.8 Å². The molecule has 0 N–H and O–H groups in total. The monoisotopic (exact) mass is 316 g/mol. The molecule has 0 amide bonds. The Morgan fingerprint density at radius 2 is 1.23 bits per heavy atom. The predicted molar refractivity (Wildman–Crippen MR) is 96.5 cm³/mol. The van der Waals surface area contributed by atoms with Gasteiger partial charge in [-0.2, -0.15) is 0 Å². The Balaban J connectivity index is 2.20. The number of hydrogen-bond donors (Lipinski definition) is 0. The summed E-state index contributed by atoms with van der Waals surface area (Å²) in [6.07, 6.45) is 1.71. The number of hydrogen-bond acceptors (Lipinski definition) is 4. The Bertz CT molecular complexity index is 1130. The molecule has 0 radical (unpaired) electrons. The normalized spacial score (nSPS) is 12.5. The molecule has 3 aromatic heterocycles. The van der Waals surface area contributed by atoms with Gasteiger partial charge in [0.15, 0.2) is 0 Å². The smallest absolute Gasteiger partial charge is 0.116 e. The average molecular weight is 316 g/mol. The first-order valence-electron chi connectivity index (χ1n) is 7.08. The van der Waals surface area contributed by atoms with Gasteiger partial charge >= 0.3 is 0 Å². The lowest BCUT2D eigenvalue weighted by Crippen LogP contribution is -1.90. The van der Waals surface area contributed by atoms with E-state index in [2.05, 4.69) is 51.1 Å². The lowest BCUT2D eigenvalue weighted by Gasteiger charge is -2.12. The molecule has 3 heterocycles. The lowest BCUT2D eigenvalue weighted by molar-refractivity contribution is 1.28. The SMILES string of the molecule is c1cc2c3ccsc3c3ncnc4c5sccc5c(c1)c2c34. The summed E-state index contributed by atoms with van der Waals surface area (Å²) in [5.41, 5.74) is 2.18. The van der Waals surface area contributed by atoms with Gasteiger partial charge in [0.1, 0.15) is 6.33 Å². The first-order valence-corrected chi connectivity index (χ1v) is 8.84. The highest BCUT2D eigenvalue weighted by Crippen LogP contribution is 2.45. The Morgan fingerprint density at radius 3 is 1.82 bits per heavy atom. The van der Waals surface area contributed by atoms with Crippen molar-refractivity contribution in [2.24, 2.45) is 0 Å². The third kappa shape index (κ3) is 1.14. The maximum atomic E-state index is 4.63. The van der Waals surface area contributed by atoms with E-state index in [1.165, 1.54) is 41.7 Å². The van der Waals surface area contributed by atoms with Gasteiger partial charge in [-0.05, 0) is 33.7 Å². The van der Waals surface area contributed by atoms with Crippen LogP contribution in [0.1, 0.15) is 0 Å². The third-order valence-corrected chi connectivity index (χ3v) is 6.34. The van der Waals surface area contributed by atoms with Crippen molar-refractivity contribution in [3.05, 3.63) is 47.4 Å². The van der Waals surface area contributed by atoms with Gasteiger partial charge in [0.2, 0.25) is 0 Å². The Morgan fingerprint density at radius 1 is 0.636 bits per heavy atom. The molecule has 0 saturated heterocycles. The molecule has 0 fully saturated rings.